The molecular weight excluding hydrogens is 342 g/mol. The molecule has 3 rings (SSSR count). The van der Waals surface area contributed by atoms with Gasteiger partial charge in [0.05, 0.1) is 13.7 Å². The number of carbonyl (C=O) groups is 1. The number of nitrogens with one attached hydrogen (secondary N) is 1. The lowest BCUT2D eigenvalue weighted by Gasteiger charge is -2.05. The van der Waals surface area contributed by atoms with Crippen molar-refractivity contribution in [3.05, 3.63) is 72.1 Å². The summed E-state index contributed by atoms with van der Waals surface area (Å²) in [5.41, 5.74) is 2.76. The van der Waals surface area contributed by atoms with E-state index in [-0.39, 0.29) is 12.5 Å². The van der Waals surface area contributed by atoms with E-state index < -0.39 is 0 Å². The molecule has 0 aliphatic rings. The quantitative estimate of drug-likeness (QED) is 0.645. The Kier molecular flexibility index (Phi) is 5.99. The van der Waals surface area contributed by atoms with Gasteiger partial charge >= 0.3 is 0 Å². The third-order valence-electron chi connectivity index (χ3n) is 4.03. The summed E-state index contributed by atoms with van der Waals surface area (Å²) in [5.74, 6) is 1.23. The van der Waals surface area contributed by atoms with E-state index in [0.29, 0.717) is 17.5 Å². The summed E-state index contributed by atoms with van der Waals surface area (Å²) in [6.07, 6.45) is 2.37. The molecule has 0 saturated carbocycles. The van der Waals surface area contributed by atoms with Crippen LogP contribution in [-0.4, -0.2) is 23.2 Å². The van der Waals surface area contributed by atoms with Gasteiger partial charge in [-0.05, 0) is 35.8 Å². The second-order valence-corrected chi connectivity index (χ2v) is 5.84. The molecule has 0 aliphatic carbocycles. The van der Waals surface area contributed by atoms with Crippen LogP contribution in [0.3, 0.4) is 0 Å². The maximum atomic E-state index is 12.2. The van der Waals surface area contributed by atoms with E-state index in [2.05, 4.69) is 15.5 Å². The predicted octanol–water partition coefficient (Wildman–Crippen LogP) is 3.86. The molecule has 0 fully saturated rings. The van der Waals surface area contributed by atoms with Crippen molar-refractivity contribution in [2.45, 2.75) is 19.9 Å². The molecule has 27 heavy (non-hydrogen) atoms. The Labute approximate surface area is 157 Å². The minimum absolute atomic E-state index is 0.165. The van der Waals surface area contributed by atoms with Crippen molar-refractivity contribution in [3.8, 4) is 17.2 Å². The van der Waals surface area contributed by atoms with Crippen LogP contribution >= 0.6 is 0 Å². The number of aromatic nitrogens is 2. The van der Waals surface area contributed by atoms with E-state index >= 15 is 0 Å². The zero-order valence-corrected chi connectivity index (χ0v) is 15.3. The first kappa shape index (κ1) is 18.4. The SMILES string of the molecule is CC/C(=C\C(=O)NCc1nnc(-c2cccc(OC)c2)o1)c1ccccc1. The van der Waals surface area contributed by atoms with Crippen LogP contribution in [0.25, 0.3) is 17.0 Å². The number of nitrogens with zero attached hydrogens (tertiary/aromatic N) is 2. The first-order valence-electron chi connectivity index (χ1n) is 8.70. The van der Waals surface area contributed by atoms with Gasteiger partial charge < -0.3 is 14.5 Å². The lowest BCUT2D eigenvalue weighted by Crippen LogP contribution is -2.21. The average molecular weight is 363 g/mol. The Morgan fingerprint density at radius 1 is 1.15 bits per heavy atom. The molecule has 2 aromatic carbocycles. The van der Waals surface area contributed by atoms with Crippen molar-refractivity contribution in [2.24, 2.45) is 0 Å². The number of rotatable bonds is 7. The zero-order valence-electron chi connectivity index (χ0n) is 15.3. The molecule has 3 aromatic rings. The molecular formula is C21H21N3O3. The third-order valence-corrected chi connectivity index (χ3v) is 4.03. The molecule has 1 amide bonds. The van der Waals surface area contributed by atoms with E-state index in [1.54, 1.807) is 13.2 Å². The summed E-state index contributed by atoms with van der Waals surface area (Å²) >= 11 is 0. The number of ether oxygens (including phenoxy) is 1. The number of allylic oxidation sites excluding steroid dienone is 1. The molecule has 1 N–H and O–H groups in total. The number of methoxy groups -OCH3 is 1. The zero-order chi connectivity index (χ0) is 19.1. The van der Waals surface area contributed by atoms with Gasteiger partial charge in [0.25, 0.3) is 0 Å². The molecule has 0 spiro atoms. The number of hydrogen-bond acceptors (Lipinski definition) is 5. The van der Waals surface area contributed by atoms with Crippen LogP contribution in [0.2, 0.25) is 0 Å². The minimum Gasteiger partial charge on any atom is -0.497 e. The summed E-state index contributed by atoms with van der Waals surface area (Å²) in [7, 11) is 1.60. The normalized spacial score (nSPS) is 11.3. The van der Waals surface area contributed by atoms with Gasteiger partial charge in [0.1, 0.15) is 5.75 Å². The molecule has 6 nitrogen and oxygen atoms in total. The Balaban J connectivity index is 1.64. The highest BCUT2D eigenvalue weighted by Gasteiger charge is 2.10. The summed E-state index contributed by atoms with van der Waals surface area (Å²) in [4.78, 5) is 12.2. The number of hydrogen-bond donors (Lipinski definition) is 1. The Hall–Kier alpha value is -3.41. The average Bonchev–Trinajstić information content (AvgIpc) is 3.20. The van der Waals surface area contributed by atoms with Crippen LogP contribution < -0.4 is 10.1 Å². The summed E-state index contributed by atoms with van der Waals surface area (Å²) in [6.45, 7) is 2.18. The Morgan fingerprint density at radius 2 is 1.96 bits per heavy atom. The molecule has 0 aliphatic heterocycles. The first-order valence-corrected chi connectivity index (χ1v) is 8.70. The number of amides is 1. The van der Waals surface area contributed by atoms with Gasteiger partial charge in [-0.25, -0.2) is 0 Å². The fourth-order valence-electron chi connectivity index (χ4n) is 2.61. The van der Waals surface area contributed by atoms with Crippen LogP contribution in [0.15, 0.2) is 65.1 Å². The molecule has 0 unspecified atom stereocenters. The van der Waals surface area contributed by atoms with Gasteiger partial charge in [-0.2, -0.15) is 0 Å². The van der Waals surface area contributed by atoms with E-state index in [0.717, 1.165) is 23.1 Å². The van der Waals surface area contributed by atoms with Gasteiger partial charge in [-0.3, -0.25) is 4.79 Å². The molecule has 138 valence electrons. The van der Waals surface area contributed by atoms with E-state index in [9.17, 15) is 4.79 Å². The van der Waals surface area contributed by atoms with Crippen LogP contribution in [-0.2, 0) is 11.3 Å². The topological polar surface area (TPSA) is 77.2 Å². The molecule has 0 saturated heterocycles. The van der Waals surface area contributed by atoms with Crippen LogP contribution in [0.1, 0.15) is 24.8 Å². The van der Waals surface area contributed by atoms with Crippen LogP contribution in [0.5, 0.6) is 5.75 Å². The fraction of sp³-hybridized carbons (Fsp3) is 0.190. The molecule has 1 aromatic heterocycles. The van der Waals surface area contributed by atoms with Crippen molar-refractivity contribution >= 4 is 11.5 Å². The van der Waals surface area contributed by atoms with Crippen molar-refractivity contribution in [2.75, 3.05) is 7.11 Å². The highest BCUT2D eigenvalue weighted by molar-refractivity contribution is 5.95. The second kappa shape index (κ2) is 8.80. The third kappa shape index (κ3) is 4.82. The lowest BCUT2D eigenvalue weighted by atomic mass is 10.0. The standard InChI is InChI=1S/C21H21N3O3/c1-3-15(16-8-5-4-6-9-16)13-19(25)22-14-20-23-24-21(27-20)17-10-7-11-18(12-17)26-2/h4-13H,3,14H2,1-2H3,(H,22,25)/b15-13+. The van der Waals surface area contributed by atoms with Crippen molar-refractivity contribution in [3.63, 3.8) is 0 Å². The second-order valence-electron chi connectivity index (χ2n) is 5.84. The van der Waals surface area contributed by atoms with Crippen molar-refractivity contribution in [1.82, 2.24) is 15.5 Å². The molecule has 0 bridgehead atoms. The van der Waals surface area contributed by atoms with Crippen molar-refractivity contribution in [1.29, 1.82) is 0 Å². The molecule has 0 atom stereocenters. The fourth-order valence-corrected chi connectivity index (χ4v) is 2.61. The minimum atomic E-state index is -0.197. The molecule has 1 heterocycles. The number of benzene rings is 2. The van der Waals surface area contributed by atoms with Gasteiger partial charge in [-0.1, -0.05) is 43.3 Å². The Morgan fingerprint density at radius 3 is 2.70 bits per heavy atom. The van der Waals surface area contributed by atoms with Gasteiger partial charge in [0.2, 0.25) is 17.7 Å². The maximum absolute atomic E-state index is 12.2. The predicted molar refractivity (Wildman–Crippen MR) is 103 cm³/mol. The van der Waals surface area contributed by atoms with Gasteiger partial charge in [-0.15, -0.1) is 10.2 Å². The molecule has 0 radical (unpaired) electrons. The van der Waals surface area contributed by atoms with Crippen LogP contribution in [0.4, 0.5) is 0 Å². The highest BCUT2D eigenvalue weighted by atomic mass is 16.5. The van der Waals surface area contributed by atoms with E-state index in [4.69, 9.17) is 9.15 Å². The van der Waals surface area contributed by atoms with E-state index in [1.165, 1.54) is 0 Å². The highest BCUT2D eigenvalue weighted by Crippen LogP contribution is 2.22. The first-order chi connectivity index (χ1) is 13.2. The van der Waals surface area contributed by atoms with Gasteiger partial charge in [0.15, 0.2) is 0 Å². The largest absolute Gasteiger partial charge is 0.497 e. The summed E-state index contributed by atoms with van der Waals surface area (Å²) < 4.78 is 10.8. The smallest absolute Gasteiger partial charge is 0.247 e. The monoisotopic (exact) mass is 363 g/mol. The number of carbonyl (C=O) groups excluding carboxylic acids is 1. The molecule has 6 heteroatoms. The lowest BCUT2D eigenvalue weighted by molar-refractivity contribution is -0.116. The van der Waals surface area contributed by atoms with E-state index in [1.807, 2.05) is 61.5 Å². The summed E-state index contributed by atoms with van der Waals surface area (Å²) in [5, 5.41) is 10.8. The van der Waals surface area contributed by atoms with Crippen LogP contribution in [0, 0.1) is 0 Å². The Bertz CT molecular complexity index is 933. The van der Waals surface area contributed by atoms with Crippen molar-refractivity contribution < 1.29 is 13.9 Å². The van der Waals surface area contributed by atoms with Gasteiger partial charge in [0, 0.05) is 11.6 Å². The maximum Gasteiger partial charge on any atom is 0.247 e. The summed E-state index contributed by atoms with van der Waals surface area (Å²) in [6, 6.07) is 17.2.